The highest BCUT2D eigenvalue weighted by atomic mass is 19.1. The summed E-state index contributed by atoms with van der Waals surface area (Å²) in [5.41, 5.74) is 2.33. The van der Waals surface area contributed by atoms with Crippen molar-refractivity contribution in [2.45, 2.75) is 26.2 Å². The fourth-order valence-electron chi connectivity index (χ4n) is 4.93. The fourth-order valence-corrected chi connectivity index (χ4v) is 4.93. The topological polar surface area (TPSA) is 42.0 Å². The van der Waals surface area contributed by atoms with Gasteiger partial charge in [-0.15, -0.1) is 0 Å². The maximum atomic E-state index is 13.8. The van der Waals surface area contributed by atoms with E-state index in [0.29, 0.717) is 25.4 Å². The Morgan fingerprint density at radius 2 is 1.75 bits per heavy atom. The van der Waals surface area contributed by atoms with Crippen molar-refractivity contribution in [3.63, 3.8) is 0 Å². The van der Waals surface area contributed by atoms with Gasteiger partial charge in [-0.2, -0.15) is 0 Å². The molecule has 6 heteroatoms. The summed E-state index contributed by atoms with van der Waals surface area (Å²) in [6.07, 6.45) is 2.20. The summed E-state index contributed by atoms with van der Waals surface area (Å²) in [5.74, 6) is 0.619. The van der Waals surface area contributed by atoms with E-state index in [1.54, 1.807) is 13.2 Å². The number of hydrogen-bond acceptors (Lipinski definition) is 4. The molecule has 1 amide bonds. The average Bonchev–Trinajstić information content (AvgIpc) is 2.84. The van der Waals surface area contributed by atoms with Crippen LogP contribution in [-0.4, -0.2) is 68.8 Å². The van der Waals surface area contributed by atoms with Crippen LogP contribution in [-0.2, 0) is 16.0 Å². The molecule has 2 fully saturated rings. The largest absolute Gasteiger partial charge is 0.496 e. The number of methoxy groups -OCH3 is 1. The third-order valence-corrected chi connectivity index (χ3v) is 6.98. The van der Waals surface area contributed by atoms with Crippen molar-refractivity contribution < 1.29 is 18.7 Å². The number of halogens is 1. The molecule has 2 aromatic rings. The first-order valence-corrected chi connectivity index (χ1v) is 11.6. The van der Waals surface area contributed by atoms with Crippen molar-refractivity contribution in [3.8, 4) is 16.9 Å². The van der Waals surface area contributed by atoms with E-state index in [1.165, 1.54) is 12.1 Å². The maximum Gasteiger partial charge on any atom is 0.229 e. The third kappa shape index (κ3) is 4.81. The second kappa shape index (κ2) is 10.0. The normalized spacial score (nSPS) is 19.0. The lowest BCUT2D eigenvalue weighted by molar-refractivity contribution is -0.149. The zero-order chi connectivity index (χ0) is 22.6. The Hall–Kier alpha value is -2.44. The Morgan fingerprint density at radius 3 is 2.38 bits per heavy atom. The van der Waals surface area contributed by atoms with Crippen LogP contribution in [0.1, 0.15) is 25.3 Å². The van der Waals surface area contributed by atoms with E-state index in [9.17, 15) is 9.18 Å². The van der Waals surface area contributed by atoms with Crippen LogP contribution in [0.25, 0.3) is 11.1 Å². The predicted molar refractivity (Wildman–Crippen MR) is 123 cm³/mol. The monoisotopic (exact) mass is 440 g/mol. The summed E-state index contributed by atoms with van der Waals surface area (Å²) >= 11 is 0. The number of ether oxygens (including phenoxy) is 2. The van der Waals surface area contributed by atoms with Crippen LogP contribution in [0.5, 0.6) is 5.75 Å². The minimum atomic E-state index is -0.412. The second-order valence-corrected chi connectivity index (χ2v) is 8.84. The SMILES string of the molecule is CCN1CCN(C(=O)C2(Cc3ccc(-c4cc(F)ccc4OC)cc3)CCOCC2)CC1. The molecule has 2 saturated heterocycles. The molecule has 4 rings (SSSR count). The number of carbonyl (C=O) groups is 1. The lowest BCUT2D eigenvalue weighted by Crippen LogP contribution is -2.54. The Bertz CT molecular complexity index is 917. The maximum absolute atomic E-state index is 13.8. The van der Waals surface area contributed by atoms with Crippen molar-refractivity contribution >= 4 is 5.91 Å². The van der Waals surface area contributed by atoms with E-state index in [-0.39, 0.29) is 11.7 Å². The number of piperazine rings is 1. The number of benzene rings is 2. The summed E-state index contributed by atoms with van der Waals surface area (Å²) < 4.78 is 24.8. The fraction of sp³-hybridized carbons (Fsp3) is 0.500. The van der Waals surface area contributed by atoms with Gasteiger partial charge in [-0.3, -0.25) is 4.79 Å². The molecule has 0 unspecified atom stereocenters. The van der Waals surface area contributed by atoms with Gasteiger partial charge in [0.25, 0.3) is 0 Å². The standard InChI is InChI=1S/C26H33FN2O3/c1-3-28-12-14-29(15-13-28)25(30)26(10-16-32-17-11-26)19-20-4-6-21(7-5-20)23-18-22(27)8-9-24(23)31-2/h4-9,18H,3,10-17,19H2,1-2H3. The molecule has 0 aliphatic carbocycles. The quantitative estimate of drug-likeness (QED) is 0.681. The molecular weight excluding hydrogens is 407 g/mol. The molecule has 2 heterocycles. The molecular formula is C26H33FN2O3. The minimum Gasteiger partial charge on any atom is -0.496 e. The molecule has 2 aliphatic heterocycles. The van der Waals surface area contributed by atoms with Crippen LogP contribution < -0.4 is 4.74 Å². The van der Waals surface area contributed by atoms with Gasteiger partial charge >= 0.3 is 0 Å². The first kappa shape index (κ1) is 22.7. The van der Waals surface area contributed by atoms with Crippen LogP contribution in [0.3, 0.4) is 0 Å². The molecule has 0 N–H and O–H groups in total. The van der Waals surface area contributed by atoms with Crippen molar-refractivity contribution in [2.24, 2.45) is 5.41 Å². The molecule has 172 valence electrons. The lowest BCUT2D eigenvalue weighted by atomic mass is 9.73. The van der Waals surface area contributed by atoms with Crippen LogP contribution in [0, 0.1) is 11.2 Å². The highest BCUT2D eigenvalue weighted by Crippen LogP contribution is 2.38. The first-order valence-electron chi connectivity index (χ1n) is 11.6. The van der Waals surface area contributed by atoms with Crippen LogP contribution in [0.4, 0.5) is 4.39 Å². The highest BCUT2D eigenvalue weighted by molar-refractivity contribution is 5.83. The van der Waals surface area contributed by atoms with Crippen molar-refractivity contribution in [3.05, 3.63) is 53.8 Å². The smallest absolute Gasteiger partial charge is 0.229 e. The molecule has 0 aromatic heterocycles. The number of amides is 1. The summed E-state index contributed by atoms with van der Waals surface area (Å²) in [7, 11) is 1.59. The zero-order valence-corrected chi connectivity index (χ0v) is 19.1. The molecule has 2 aliphatic rings. The summed E-state index contributed by atoms with van der Waals surface area (Å²) in [4.78, 5) is 18.1. The second-order valence-electron chi connectivity index (χ2n) is 8.84. The van der Waals surface area contributed by atoms with Gasteiger partial charge in [0.1, 0.15) is 11.6 Å². The van der Waals surface area contributed by atoms with E-state index in [1.807, 2.05) is 12.1 Å². The van der Waals surface area contributed by atoms with Gasteiger partial charge < -0.3 is 19.3 Å². The molecule has 5 nitrogen and oxygen atoms in total. The Balaban J connectivity index is 1.53. The molecule has 0 bridgehead atoms. The van der Waals surface area contributed by atoms with Gasteiger partial charge in [-0.1, -0.05) is 31.2 Å². The average molecular weight is 441 g/mol. The number of nitrogens with zero attached hydrogens (tertiary/aromatic N) is 2. The van der Waals surface area contributed by atoms with Gasteiger partial charge in [0.15, 0.2) is 0 Å². The highest BCUT2D eigenvalue weighted by Gasteiger charge is 2.43. The van der Waals surface area contributed by atoms with Gasteiger partial charge in [-0.25, -0.2) is 4.39 Å². The number of rotatable bonds is 6. The molecule has 0 atom stereocenters. The zero-order valence-electron chi connectivity index (χ0n) is 19.1. The molecule has 0 spiro atoms. The summed E-state index contributed by atoms with van der Waals surface area (Å²) in [5, 5.41) is 0. The van der Waals surface area contributed by atoms with E-state index >= 15 is 0 Å². The van der Waals surface area contributed by atoms with Crippen LogP contribution >= 0.6 is 0 Å². The molecule has 2 aromatic carbocycles. The minimum absolute atomic E-state index is 0.271. The Labute approximate surface area is 190 Å². The van der Waals surface area contributed by atoms with Gasteiger partial charge in [-0.05, 0) is 55.1 Å². The number of likely N-dealkylation sites (N-methyl/N-ethyl adjacent to an activating group) is 1. The summed E-state index contributed by atoms with van der Waals surface area (Å²) in [6.45, 7) is 7.93. The van der Waals surface area contributed by atoms with E-state index in [2.05, 4.69) is 28.9 Å². The molecule has 0 radical (unpaired) electrons. The van der Waals surface area contributed by atoms with E-state index < -0.39 is 5.41 Å². The number of hydrogen-bond donors (Lipinski definition) is 0. The summed E-state index contributed by atoms with van der Waals surface area (Å²) in [6, 6.07) is 12.6. The first-order chi connectivity index (χ1) is 15.5. The van der Waals surface area contributed by atoms with Crippen molar-refractivity contribution in [2.75, 3.05) is 53.0 Å². The Kier molecular flexibility index (Phi) is 7.11. The van der Waals surface area contributed by atoms with Crippen LogP contribution in [0.2, 0.25) is 0 Å². The Morgan fingerprint density at radius 1 is 1.06 bits per heavy atom. The predicted octanol–water partition coefficient (Wildman–Crippen LogP) is 4.00. The van der Waals surface area contributed by atoms with Gasteiger partial charge in [0, 0.05) is 45.0 Å². The van der Waals surface area contributed by atoms with Crippen LogP contribution in [0.15, 0.2) is 42.5 Å². The lowest BCUT2D eigenvalue weighted by Gasteiger charge is -2.43. The van der Waals surface area contributed by atoms with Crippen molar-refractivity contribution in [1.82, 2.24) is 9.80 Å². The molecule has 0 saturated carbocycles. The van der Waals surface area contributed by atoms with Gasteiger partial charge in [0.05, 0.1) is 12.5 Å². The molecule has 32 heavy (non-hydrogen) atoms. The third-order valence-electron chi connectivity index (χ3n) is 6.98. The van der Waals surface area contributed by atoms with Gasteiger partial charge in [0.2, 0.25) is 5.91 Å². The number of carbonyl (C=O) groups excluding carboxylic acids is 1. The van der Waals surface area contributed by atoms with Crippen molar-refractivity contribution in [1.29, 1.82) is 0 Å². The van der Waals surface area contributed by atoms with E-state index in [4.69, 9.17) is 9.47 Å². The van der Waals surface area contributed by atoms with E-state index in [0.717, 1.165) is 62.3 Å².